The smallest absolute Gasteiger partial charge is 0.252 e. The van der Waals surface area contributed by atoms with Gasteiger partial charge in [0.1, 0.15) is 0 Å². The van der Waals surface area contributed by atoms with Crippen LogP contribution in [0.2, 0.25) is 0 Å². The lowest BCUT2D eigenvalue weighted by atomic mass is 9.33. The van der Waals surface area contributed by atoms with E-state index in [0.717, 1.165) is 31.4 Å². The number of aromatic nitrogens is 1. The van der Waals surface area contributed by atoms with Crippen LogP contribution in [0.4, 0.5) is 45.5 Å². The third-order valence-corrected chi connectivity index (χ3v) is 20.4. The topological polar surface area (TPSA) is 22.6 Å². The second-order valence-electron chi connectivity index (χ2n) is 29.5. The van der Waals surface area contributed by atoms with Gasteiger partial charge in [0.15, 0.2) is 0 Å². The van der Waals surface area contributed by atoms with Crippen LogP contribution in [0, 0.1) is 0 Å². The number of rotatable bonds is 5. The van der Waals surface area contributed by atoms with Crippen molar-refractivity contribution in [3.8, 4) is 22.4 Å². The van der Waals surface area contributed by atoms with Crippen molar-refractivity contribution >= 4 is 68.6 Å². The van der Waals surface area contributed by atoms with Crippen LogP contribution in [0.3, 0.4) is 0 Å². The number of anilines is 8. The molecule has 0 spiro atoms. The molecular weight excluding hydrogens is 968 g/mol. The Morgan fingerprint density at radius 1 is 0.425 bits per heavy atom. The van der Waals surface area contributed by atoms with Gasteiger partial charge in [0.05, 0.1) is 16.9 Å². The Kier molecular flexibility index (Phi) is 11.7. The van der Waals surface area contributed by atoms with Crippen LogP contribution in [0.1, 0.15) is 176 Å². The number of hydrogen-bond acceptors (Lipinski definition) is 4. The van der Waals surface area contributed by atoms with Crippen molar-refractivity contribution in [3.05, 3.63) is 191 Å². The molecule has 1 fully saturated rings. The summed E-state index contributed by atoms with van der Waals surface area (Å²) < 4.78 is 0. The lowest BCUT2D eigenvalue weighted by molar-refractivity contribution is 0.195. The van der Waals surface area contributed by atoms with Crippen molar-refractivity contribution < 1.29 is 0 Å². The summed E-state index contributed by atoms with van der Waals surface area (Å²) in [5.41, 5.74) is 27.0. The van der Waals surface area contributed by atoms with Crippen LogP contribution < -0.4 is 31.1 Å². The summed E-state index contributed by atoms with van der Waals surface area (Å²) in [6.45, 7) is 36.3. The van der Waals surface area contributed by atoms with Gasteiger partial charge < -0.3 is 14.7 Å². The van der Waals surface area contributed by atoms with Crippen LogP contribution in [0.25, 0.3) is 22.4 Å². The maximum absolute atomic E-state index is 4.85. The maximum Gasteiger partial charge on any atom is 0.252 e. The van der Waals surface area contributed by atoms with Gasteiger partial charge in [-0.2, -0.15) is 0 Å². The summed E-state index contributed by atoms with van der Waals surface area (Å²) in [6, 6.07) is 59.8. The van der Waals surface area contributed by atoms with Crippen molar-refractivity contribution in [1.29, 1.82) is 0 Å². The third kappa shape index (κ3) is 8.01. The highest BCUT2D eigenvalue weighted by Gasteiger charge is 2.58. The molecule has 0 saturated heterocycles. The molecule has 4 nitrogen and oxygen atoms in total. The van der Waals surface area contributed by atoms with Crippen LogP contribution in [-0.4, -0.2) is 17.2 Å². The Balaban J connectivity index is 1.13. The first-order valence-corrected chi connectivity index (χ1v) is 30.1. The minimum atomic E-state index is -0.162. The molecule has 406 valence electrons. The Morgan fingerprint density at radius 2 is 1.02 bits per heavy atom. The first-order valence-electron chi connectivity index (χ1n) is 30.1. The van der Waals surface area contributed by atoms with E-state index in [1.165, 1.54) is 125 Å². The molecule has 0 bridgehead atoms. The van der Waals surface area contributed by atoms with Gasteiger partial charge in [0.2, 0.25) is 0 Å². The molecule has 7 aromatic carbocycles. The molecule has 2 unspecified atom stereocenters. The molecule has 5 aliphatic rings. The predicted molar refractivity (Wildman–Crippen MR) is 343 cm³/mol. The number of fused-ring (bicyclic) bond motifs is 8. The fourth-order valence-electron chi connectivity index (χ4n) is 15.1. The third-order valence-electron chi connectivity index (χ3n) is 20.4. The molecule has 2 aliphatic carbocycles. The van der Waals surface area contributed by atoms with Crippen molar-refractivity contribution in [2.24, 2.45) is 0 Å². The van der Waals surface area contributed by atoms with E-state index >= 15 is 0 Å². The van der Waals surface area contributed by atoms with Crippen molar-refractivity contribution in [1.82, 2.24) is 4.98 Å². The van der Waals surface area contributed by atoms with Gasteiger partial charge in [0, 0.05) is 62.6 Å². The molecule has 80 heavy (non-hydrogen) atoms. The molecule has 2 atom stereocenters. The SMILES string of the molecule is CC(C)(C)c1ccc(N2c3cc(N4c5ccc(-c6ccccn6)cc5C5(C)CCCCC45C)ccc3B3c4cc5c(cc4N(c4ccc(C(C)(C)C)cc4-c4ccccc4)c4cc(C(C)(C)C)cc2c43)C(C)(C)CCC5(C)C)cc1. The van der Waals surface area contributed by atoms with Gasteiger partial charge >= 0.3 is 0 Å². The Morgan fingerprint density at radius 3 is 1.69 bits per heavy atom. The van der Waals surface area contributed by atoms with Gasteiger partial charge in [-0.3, -0.25) is 4.98 Å². The zero-order valence-electron chi connectivity index (χ0n) is 50.6. The molecule has 1 aromatic heterocycles. The van der Waals surface area contributed by atoms with E-state index in [1.54, 1.807) is 0 Å². The lowest BCUT2D eigenvalue weighted by Crippen LogP contribution is -2.62. The van der Waals surface area contributed by atoms with Crippen molar-refractivity contribution in [2.45, 2.75) is 180 Å². The normalized spacial score (nSPS) is 20.6. The Bertz CT molecular complexity index is 3770. The average Bonchev–Trinajstić information content (AvgIpc) is 3.84. The minimum Gasteiger partial charge on any atom is -0.334 e. The predicted octanol–water partition coefficient (Wildman–Crippen LogP) is 18.5. The Hall–Kier alpha value is -6.85. The summed E-state index contributed by atoms with van der Waals surface area (Å²) in [6.07, 6.45) is 8.94. The van der Waals surface area contributed by atoms with Gasteiger partial charge in [-0.05, 0) is 194 Å². The van der Waals surface area contributed by atoms with Crippen LogP contribution in [-0.2, 0) is 32.5 Å². The summed E-state index contributed by atoms with van der Waals surface area (Å²) in [7, 11) is 0. The highest BCUT2D eigenvalue weighted by Crippen LogP contribution is 2.62. The molecular formula is C75H83BN4. The molecule has 0 N–H and O–H groups in total. The van der Waals surface area contributed by atoms with Crippen LogP contribution in [0.15, 0.2) is 158 Å². The van der Waals surface area contributed by atoms with Gasteiger partial charge in [-0.15, -0.1) is 0 Å². The minimum absolute atomic E-state index is 0.00606. The largest absolute Gasteiger partial charge is 0.334 e. The molecule has 13 rings (SSSR count). The van der Waals surface area contributed by atoms with Gasteiger partial charge in [-0.25, -0.2) is 0 Å². The van der Waals surface area contributed by atoms with Gasteiger partial charge in [-0.1, -0.05) is 183 Å². The van der Waals surface area contributed by atoms with Crippen LogP contribution >= 0.6 is 0 Å². The second-order valence-corrected chi connectivity index (χ2v) is 29.5. The number of pyridine rings is 1. The number of nitrogens with zero attached hydrogens (tertiary/aromatic N) is 4. The van der Waals surface area contributed by atoms with E-state index in [1.807, 2.05) is 12.3 Å². The van der Waals surface area contributed by atoms with Crippen molar-refractivity contribution in [2.75, 3.05) is 14.7 Å². The molecule has 8 aromatic rings. The van der Waals surface area contributed by atoms with E-state index in [9.17, 15) is 0 Å². The van der Waals surface area contributed by atoms with E-state index < -0.39 is 0 Å². The van der Waals surface area contributed by atoms with E-state index in [4.69, 9.17) is 4.98 Å². The zero-order valence-corrected chi connectivity index (χ0v) is 50.6. The molecule has 1 saturated carbocycles. The summed E-state index contributed by atoms with van der Waals surface area (Å²) in [4.78, 5) is 13.0. The highest BCUT2D eigenvalue weighted by molar-refractivity contribution is 7.00. The standard InChI is InChI=1S/C75H83BN4/c1-69(2,3)50-27-30-53(31-28-50)78-64-45-54(80-63-34-26-49(61-25-19-22-40-77-61)41-58(63)74(14)36-20-21-37-75(74,80)15)32-33-59(64)76-60-46-56-57(73(12,13)39-38-72(56,10)11)47-65(60)79(67-44-52(71(7,8)9)43-66(78)68(67)76)62-35-29-51(70(4,5)6)42-55(62)48-23-17-16-18-24-48/h16-19,22-35,40-47H,20-21,36-39H2,1-15H3. The first-order chi connectivity index (χ1) is 37.8. The quantitative estimate of drug-likeness (QED) is 0.160. The van der Waals surface area contributed by atoms with E-state index in [2.05, 4.69) is 264 Å². The number of hydrogen-bond donors (Lipinski definition) is 0. The molecule has 0 amide bonds. The zero-order chi connectivity index (χ0) is 56.3. The molecule has 3 aliphatic heterocycles. The van der Waals surface area contributed by atoms with Gasteiger partial charge in [0.25, 0.3) is 6.71 Å². The fraction of sp³-hybridized carbons (Fsp3) is 0.373. The number of benzene rings is 7. The van der Waals surface area contributed by atoms with E-state index in [-0.39, 0.29) is 44.7 Å². The highest BCUT2D eigenvalue weighted by atomic mass is 15.3. The lowest BCUT2D eigenvalue weighted by Gasteiger charge is -2.51. The monoisotopic (exact) mass is 1050 g/mol. The maximum atomic E-state index is 4.85. The molecule has 5 heteroatoms. The fourth-order valence-corrected chi connectivity index (χ4v) is 15.1. The summed E-state index contributed by atoms with van der Waals surface area (Å²) in [5, 5.41) is 0. The summed E-state index contributed by atoms with van der Waals surface area (Å²) >= 11 is 0. The van der Waals surface area contributed by atoms with Crippen LogP contribution in [0.5, 0.6) is 0 Å². The molecule has 4 heterocycles. The Labute approximate surface area is 479 Å². The second kappa shape index (κ2) is 17.8. The van der Waals surface area contributed by atoms with Crippen molar-refractivity contribution in [3.63, 3.8) is 0 Å². The molecule has 0 radical (unpaired) electrons. The average molecular weight is 1050 g/mol. The summed E-state index contributed by atoms with van der Waals surface area (Å²) in [5.74, 6) is 0. The van der Waals surface area contributed by atoms with E-state index in [0.29, 0.717) is 0 Å². The first kappa shape index (κ1) is 52.5.